The van der Waals surface area contributed by atoms with Crippen molar-refractivity contribution in [1.82, 2.24) is 0 Å². The van der Waals surface area contributed by atoms with Gasteiger partial charge in [0.05, 0.1) is 30.8 Å². The Kier molecular flexibility index (Phi) is 6.03. The third-order valence-electron chi connectivity index (χ3n) is 4.90. The lowest BCUT2D eigenvalue weighted by molar-refractivity contribution is -0.153. The number of thioether (sulfide) groups is 1. The third kappa shape index (κ3) is 4.34. The molecule has 0 unspecified atom stereocenters. The van der Waals surface area contributed by atoms with Crippen molar-refractivity contribution in [2.75, 3.05) is 31.8 Å². The molecule has 0 aliphatic carbocycles. The number of carbonyl (C=O) groups is 1. The first-order valence-corrected chi connectivity index (χ1v) is 10.2. The Morgan fingerprint density at radius 3 is 2.89 bits per heavy atom. The molecule has 6 nitrogen and oxygen atoms in total. The largest absolute Gasteiger partial charge is 0.460 e. The molecule has 1 fully saturated rings. The smallest absolute Gasteiger partial charge is 0.312 e. The average Bonchev–Trinajstić information content (AvgIpc) is 2.61. The highest BCUT2D eigenvalue weighted by atomic mass is 32.2. The molecule has 3 rings (SSSR count). The molecule has 154 valence electrons. The first-order chi connectivity index (χ1) is 13.1. The van der Waals surface area contributed by atoms with E-state index < -0.39 is 17.0 Å². The number of anilines is 1. The van der Waals surface area contributed by atoms with Gasteiger partial charge in [-0.05, 0) is 39.0 Å². The first-order valence-electron chi connectivity index (χ1n) is 9.24. The maximum atomic E-state index is 14.8. The van der Waals surface area contributed by atoms with Gasteiger partial charge in [0.25, 0.3) is 0 Å². The zero-order chi connectivity index (χ0) is 20.5. The van der Waals surface area contributed by atoms with Crippen LogP contribution in [0.1, 0.15) is 32.8 Å². The van der Waals surface area contributed by atoms with Gasteiger partial charge in [0.2, 0.25) is 0 Å². The quantitative estimate of drug-likeness (QED) is 0.607. The van der Waals surface area contributed by atoms with E-state index >= 15 is 0 Å². The van der Waals surface area contributed by atoms with Crippen LogP contribution in [-0.2, 0) is 24.5 Å². The van der Waals surface area contributed by atoms with Crippen LogP contribution >= 0.6 is 11.8 Å². The normalized spacial score (nSPS) is 27.7. The van der Waals surface area contributed by atoms with E-state index in [4.69, 9.17) is 24.9 Å². The molecule has 0 aromatic heterocycles. The zero-order valence-corrected chi connectivity index (χ0v) is 17.5. The molecule has 2 aliphatic heterocycles. The summed E-state index contributed by atoms with van der Waals surface area (Å²) in [6.45, 7) is 6.08. The summed E-state index contributed by atoms with van der Waals surface area (Å²) in [6.07, 6.45) is -0.188. The second kappa shape index (κ2) is 8.00. The van der Waals surface area contributed by atoms with Gasteiger partial charge < -0.3 is 19.9 Å². The maximum absolute atomic E-state index is 14.8. The standard InChI is InChI=1S/C20H27FN2O4S/c1-19(2,3)27-18(24)8-17-23-20(13-7-12(22)5-6-15(13)21)11-26-9-16(25-4)14(20)10-28-17/h5-7,14,16H,8-11,22H2,1-4H3/t14-,16+,20-/m1/s1. The fraction of sp³-hybridized carbons (Fsp3) is 0.600. The highest BCUT2D eigenvalue weighted by Crippen LogP contribution is 2.47. The summed E-state index contributed by atoms with van der Waals surface area (Å²) in [5.41, 5.74) is 5.20. The van der Waals surface area contributed by atoms with Crippen LogP contribution in [0.3, 0.4) is 0 Å². The number of carbonyl (C=O) groups excluding carboxylic acids is 1. The molecule has 0 bridgehead atoms. The molecule has 2 N–H and O–H groups in total. The van der Waals surface area contributed by atoms with Crippen LogP contribution in [0.5, 0.6) is 0 Å². The lowest BCUT2D eigenvalue weighted by atomic mass is 9.75. The van der Waals surface area contributed by atoms with Crippen LogP contribution in [0, 0.1) is 11.7 Å². The summed E-state index contributed by atoms with van der Waals surface area (Å²) in [5, 5.41) is 0.604. The van der Waals surface area contributed by atoms with Crippen molar-refractivity contribution in [3.05, 3.63) is 29.6 Å². The van der Waals surface area contributed by atoms with Crippen molar-refractivity contribution in [3.63, 3.8) is 0 Å². The molecule has 1 aromatic rings. The highest BCUT2D eigenvalue weighted by Gasteiger charge is 2.52. The minimum atomic E-state index is -0.985. The van der Waals surface area contributed by atoms with Gasteiger partial charge in [-0.1, -0.05) is 0 Å². The summed E-state index contributed by atoms with van der Waals surface area (Å²) in [5.74, 6) is -0.222. The van der Waals surface area contributed by atoms with Gasteiger partial charge in [0, 0.05) is 30.0 Å². The van der Waals surface area contributed by atoms with E-state index in [2.05, 4.69) is 0 Å². The number of methoxy groups -OCH3 is 1. The van der Waals surface area contributed by atoms with Gasteiger partial charge >= 0.3 is 5.97 Å². The van der Waals surface area contributed by atoms with E-state index in [1.165, 1.54) is 23.9 Å². The number of nitrogen functional groups attached to an aromatic ring is 1. The number of hydrogen-bond acceptors (Lipinski definition) is 7. The van der Waals surface area contributed by atoms with Crippen molar-refractivity contribution in [3.8, 4) is 0 Å². The molecule has 1 aromatic carbocycles. The number of ether oxygens (including phenoxy) is 3. The number of benzene rings is 1. The van der Waals surface area contributed by atoms with Gasteiger partial charge in [0.1, 0.15) is 17.0 Å². The van der Waals surface area contributed by atoms with E-state index in [-0.39, 0.29) is 31.0 Å². The average molecular weight is 411 g/mol. The second-order valence-corrected chi connectivity index (χ2v) is 9.23. The van der Waals surface area contributed by atoms with Crippen LogP contribution in [0.15, 0.2) is 23.2 Å². The summed E-state index contributed by atoms with van der Waals surface area (Å²) < 4.78 is 31.6. The molecule has 0 saturated carbocycles. The fourth-order valence-electron chi connectivity index (χ4n) is 3.70. The number of halogens is 1. The Balaban J connectivity index is 2.01. The Bertz CT molecular complexity index is 780. The second-order valence-electron chi connectivity index (χ2n) is 8.14. The van der Waals surface area contributed by atoms with E-state index in [1.807, 2.05) is 20.8 Å². The molecular weight excluding hydrogens is 383 g/mol. The molecule has 0 radical (unpaired) electrons. The van der Waals surface area contributed by atoms with Gasteiger partial charge in [0.15, 0.2) is 0 Å². The fourth-order valence-corrected chi connectivity index (χ4v) is 5.01. The Morgan fingerprint density at radius 2 is 2.21 bits per heavy atom. The van der Waals surface area contributed by atoms with Crippen molar-refractivity contribution >= 4 is 28.5 Å². The van der Waals surface area contributed by atoms with Crippen molar-refractivity contribution in [1.29, 1.82) is 0 Å². The minimum absolute atomic E-state index is 0.0397. The number of nitrogens with zero attached hydrogens (tertiary/aromatic N) is 1. The Labute approximate surface area is 169 Å². The number of nitrogens with two attached hydrogens (primary N) is 1. The lowest BCUT2D eigenvalue weighted by Crippen LogP contribution is -2.54. The molecule has 0 spiro atoms. The molecule has 0 amide bonds. The topological polar surface area (TPSA) is 83.1 Å². The predicted octanol–water partition coefficient (Wildman–Crippen LogP) is 3.14. The van der Waals surface area contributed by atoms with Gasteiger partial charge in [-0.15, -0.1) is 11.8 Å². The third-order valence-corrected chi connectivity index (χ3v) is 5.99. The van der Waals surface area contributed by atoms with Crippen molar-refractivity contribution in [2.45, 2.75) is 44.4 Å². The summed E-state index contributed by atoms with van der Waals surface area (Å²) >= 11 is 1.49. The molecule has 3 atom stereocenters. The Hall–Kier alpha value is -1.64. The van der Waals surface area contributed by atoms with E-state index in [0.29, 0.717) is 28.7 Å². The Morgan fingerprint density at radius 1 is 1.46 bits per heavy atom. The van der Waals surface area contributed by atoms with Gasteiger partial charge in [-0.2, -0.15) is 0 Å². The van der Waals surface area contributed by atoms with Crippen LogP contribution in [0.4, 0.5) is 10.1 Å². The van der Waals surface area contributed by atoms with Crippen molar-refractivity contribution in [2.24, 2.45) is 10.9 Å². The molecule has 2 aliphatic rings. The monoisotopic (exact) mass is 410 g/mol. The van der Waals surface area contributed by atoms with Crippen LogP contribution in [-0.4, -0.2) is 48.8 Å². The van der Waals surface area contributed by atoms with Crippen LogP contribution < -0.4 is 5.73 Å². The van der Waals surface area contributed by atoms with Crippen molar-refractivity contribution < 1.29 is 23.4 Å². The van der Waals surface area contributed by atoms with Crippen LogP contribution in [0.2, 0.25) is 0 Å². The van der Waals surface area contributed by atoms with E-state index in [9.17, 15) is 9.18 Å². The van der Waals surface area contributed by atoms with E-state index in [1.54, 1.807) is 13.2 Å². The minimum Gasteiger partial charge on any atom is -0.460 e. The zero-order valence-electron chi connectivity index (χ0n) is 16.7. The molecule has 2 heterocycles. The first kappa shape index (κ1) is 21.1. The highest BCUT2D eigenvalue weighted by molar-refractivity contribution is 8.14. The molecule has 8 heteroatoms. The summed E-state index contributed by atoms with van der Waals surface area (Å²) in [6, 6.07) is 4.47. The summed E-state index contributed by atoms with van der Waals surface area (Å²) in [7, 11) is 1.62. The number of rotatable bonds is 4. The predicted molar refractivity (Wildman–Crippen MR) is 108 cm³/mol. The molecular formula is C20H27FN2O4S. The SMILES string of the molecule is CO[C@H]1COC[C@]2(c3cc(N)ccc3F)N=C(CC(=O)OC(C)(C)C)SC[C@H]12. The molecule has 1 saturated heterocycles. The number of aliphatic imine (C=N–C) groups is 1. The van der Waals surface area contributed by atoms with Gasteiger partial charge in [-0.25, -0.2) is 4.39 Å². The molecule has 28 heavy (non-hydrogen) atoms. The lowest BCUT2D eigenvalue weighted by Gasteiger charge is -2.47. The number of hydrogen-bond donors (Lipinski definition) is 1. The summed E-state index contributed by atoms with van der Waals surface area (Å²) in [4.78, 5) is 17.2. The van der Waals surface area contributed by atoms with E-state index in [0.717, 1.165) is 0 Å². The maximum Gasteiger partial charge on any atom is 0.312 e. The van der Waals surface area contributed by atoms with Gasteiger partial charge in [-0.3, -0.25) is 9.79 Å². The number of fused-ring (bicyclic) bond motifs is 1. The van der Waals surface area contributed by atoms with Crippen LogP contribution in [0.25, 0.3) is 0 Å². The number of esters is 1.